The fourth-order valence-electron chi connectivity index (χ4n) is 3.54. The summed E-state index contributed by atoms with van der Waals surface area (Å²) in [6.45, 7) is 2.17. The molecule has 0 unspecified atom stereocenters. The summed E-state index contributed by atoms with van der Waals surface area (Å²) < 4.78 is 7.08. The zero-order valence-electron chi connectivity index (χ0n) is 16.0. The van der Waals surface area contributed by atoms with E-state index in [9.17, 15) is 9.59 Å². The van der Waals surface area contributed by atoms with E-state index in [1.54, 1.807) is 46.4 Å². The maximum Gasteiger partial charge on any atom is 0.349 e. The number of amides is 1. The molecule has 1 aliphatic heterocycles. The van der Waals surface area contributed by atoms with E-state index >= 15 is 0 Å². The van der Waals surface area contributed by atoms with Gasteiger partial charge in [0.05, 0.1) is 0 Å². The molecule has 0 N–H and O–H groups in total. The summed E-state index contributed by atoms with van der Waals surface area (Å²) in [4.78, 5) is 32.9. The molecule has 9 heteroatoms. The molecule has 5 rings (SSSR count). The molecule has 0 saturated carbocycles. The number of aromatic nitrogens is 4. The molecule has 4 aromatic rings. The number of hydrogen-bond acceptors (Lipinski definition) is 7. The largest absolute Gasteiger partial charge is 0.422 e. The third-order valence-corrected chi connectivity index (χ3v) is 5.17. The molecule has 1 saturated heterocycles. The summed E-state index contributed by atoms with van der Waals surface area (Å²) in [7, 11) is 0. The summed E-state index contributed by atoms with van der Waals surface area (Å²) in [6, 6.07) is 12.5. The summed E-state index contributed by atoms with van der Waals surface area (Å²) in [6.07, 6.45) is 5.15. The number of carbonyl (C=O) groups is 1. The van der Waals surface area contributed by atoms with Crippen LogP contribution in [0.25, 0.3) is 16.8 Å². The summed E-state index contributed by atoms with van der Waals surface area (Å²) in [5, 5.41) is 9.26. The predicted octanol–water partition coefficient (Wildman–Crippen LogP) is 1.73. The molecular formula is C21H18N6O3. The number of imidazole rings is 1. The molecule has 0 atom stereocenters. The van der Waals surface area contributed by atoms with Crippen LogP contribution in [0.4, 0.5) is 5.82 Å². The monoisotopic (exact) mass is 402 g/mol. The van der Waals surface area contributed by atoms with Gasteiger partial charge in [0.1, 0.15) is 17.5 Å². The molecule has 3 aromatic heterocycles. The number of anilines is 1. The topological polar surface area (TPSA) is 97.4 Å². The highest BCUT2D eigenvalue weighted by molar-refractivity contribution is 5.96. The Morgan fingerprint density at radius 1 is 0.967 bits per heavy atom. The number of para-hydroxylation sites is 1. The number of carbonyl (C=O) groups excluding carboxylic acids is 1. The first-order valence-electron chi connectivity index (χ1n) is 9.58. The second kappa shape index (κ2) is 7.43. The predicted molar refractivity (Wildman–Crippen MR) is 110 cm³/mol. The minimum absolute atomic E-state index is 0.0617. The number of hydrogen-bond donors (Lipinski definition) is 0. The lowest BCUT2D eigenvalue weighted by Gasteiger charge is -2.35. The first-order valence-corrected chi connectivity index (χ1v) is 9.58. The van der Waals surface area contributed by atoms with Crippen LogP contribution in [0.1, 0.15) is 10.4 Å². The summed E-state index contributed by atoms with van der Waals surface area (Å²) in [5.74, 6) is 1.12. The second-order valence-electron chi connectivity index (χ2n) is 6.98. The van der Waals surface area contributed by atoms with E-state index < -0.39 is 5.63 Å². The number of fused-ring (bicyclic) bond motifs is 1. The fourth-order valence-corrected chi connectivity index (χ4v) is 3.54. The van der Waals surface area contributed by atoms with E-state index in [1.165, 1.54) is 0 Å². The van der Waals surface area contributed by atoms with Crippen LogP contribution in [-0.4, -0.2) is 56.7 Å². The van der Waals surface area contributed by atoms with Crippen molar-refractivity contribution in [2.24, 2.45) is 0 Å². The Hall–Kier alpha value is -4.01. The van der Waals surface area contributed by atoms with Crippen LogP contribution in [-0.2, 0) is 0 Å². The van der Waals surface area contributed by atoms with Crippen LogP contribution in [0.2, 0.25) is 0 Å². The van der Waals surface area contributed by atoms with Crippen LogP contribution in [0.5, 0.6) is 0 Å². The molecule has 1 fully saturated rings. The highest BCUT2D eigenvalue weighted by Crippen LogP contribution is 2.17. The van der Waals surface area contributed by atoms with Crippen molar-refractivity contribution in [2.45, 2.75) is 0 Å². The minimum Gasteiger partial charge on any atom is -0.422 e. The van der Waals surface area contributed by atoms with E-state index in [2.05, 4.69) is 20.1 Å². The van der Waals surface area contributed by atoms with Crippen molar-refractivity contribution in [3.8, 4) is 5.82 Å². The molecule has 1 aromatic carbocycles. The summed E-state index contributed by atoms with van der Waals surface area (Å²) >= 11 is 0. The maximum atomic E-state index is 12.9. The van der Waals surface area contributed by atoms with Gasteiger partial charge in [-0.25, -0.2) is 9.78 Å². The van der Waals surface area contributed by atoms with Crippen molar-refractivity contribution in [3.05, 3.63) is 77.2 Å². The third kappa shape index (κ3) is 3.30. The zero-order chi connectivity index (χ0) is 20.5. The third-order valence-electron chi connectivity index (χ3n) is 5.17. The number of benzene rings is 1. The molecule has 1 amide bonds. The zero-order valence-corrected chi connectivity index (χ0v) is 16.0. The van der Waals surface area contributed by atoms with Crippen LogP contribution in [0, 0.1) is 0 Å². The SMILES string of the molecule is O=C(c1cc2ccccc2oc1=O)N1CCN(c2ccc(-n3ccnc3)nn2)CC1. The molecular weight excluding hydrogens is 384 g/mol. The standard InChI is InChI=1S/C21H18N6O3/c28-20(16-13-15-3-1-2-4-17(15)30-21(16)29)26-11-9-25(10-12-26)18-5-6-19(24-23-18)27-8-7-22-14-27/h1-8,13-14H,9-12H2. The van der Waals surface area contributed by atoms with Gasteiger partial charge in [-0.1, -0.05) is 18.2 Å². The molecule has 0 radical (unpaired) electrons. The first kappa shape index (κ1) is 18.0. The van der Waals surface area contributed by atoms with Gasteiger partial charge >= 0.3 is 5.63 Å². The Kier molecular flexibility index (Phi) is 4.47. The Balaban J connectivity index is 1.28. The quantitative estimate of drug-likeness (QED) is 0.482. The van der Waals surface area contributed by atoms with Crippen LogP contribution < -0.4 is 10.5 Å². The molecule has 0 spiro atoms. The van der Waals surface area contributed by atoms with Gasteiger partial charge in [0.15, 0.2) is 11.6 Å². The molecule has 0 bridgehead atoms. The Labute approximate surface area is 171 Å². The Morgan fingerprint density at radius 2 is 1.73 bits per heavy atom. The van der Waals surface area contributed by atoms with E-state index in [0.29, 0.717) is 37.6 Å². The van der Waals surface area contributed by atoms with Gasteiger partial charge in [-0.15, -0.1) is 10.2 Å². The lowest BCUT2D eigenvalue weighted by atomic mass is 10.1. The van der Waals surface area contributed by atoms with E-state index in [4.69, 9.17) is 4.42 Å². The Morgan fingerprint density at radius 3 is 2.47 bits per heavy atom. The van der Waals surface area contributed by atoms with Crippen molar-refractivity contribution in [3.63, 3.8) is 0 Å². The highest BCUT2D eigenvalue weighted by Gasteiger charge is 2.25. The maximum absolute atomic E-state index is 12.9. The second-order valence-corrected chi connectivity index (χ2v) is 6.98. The average molecular weight is 402 g/mol. The lowest BCUT2D eigenvalue weighted by Crippen LogP contribution is -2.49. The number of nitrogens with zero attached hydrogens (tertiary/aromatic N) is 6. The molecule has 1 aliphatic rings. The van der Waals surface area contributed by atoms with E-state index in [1.807, 2.05) is 24.3 Å². The van der Waals surface area contributed by atoms with Gasteiger partial charge in [0, 0.05) is 44.0 Å². The van der Waals surface area contributed by atoms with Gasteiger partial charge in [-0.3, -0.25) is 9.36 Å². The highest BCUT2D eigenvalue weighted by atomic mass is 16.4. The van der Waals surface area contributed by atoms with Crippen molar-refractivity contribution < 1.29 is 9.21 Å². The van der Waals surface area contributed by atoms with Crippen molar-refractivity contribution in [1.82, 2.24) is 24.6 Å². The summed E-state index contributed by atoms with van der Waals surface area (Å²) in [5.41, 5.74) is -0.0738. The molecule has 9 nitrogen and oxygen atoms in total. The molecule has 30 heavy (non-hydrogen) atoms. The van der Waals surface area contributed by atoms with Crippen LogP contribution in [0.3, 0.4) is 0 Å². The number of piperazine rings is 1. The van der Waals surface area contributed by atoms with Gasteiger partial charge in [0.2, 0.25) is 0 Å². The normalized spacial score (nSPS) is 14.3. The molecule has 4 heterocycles. The van der Waals surface area contributed by atoms with Crippen LogP contribution in [0.15, 0.2) is 70.4 Å². The Bertz CT molecular complexity index is 1240. The van der Waals surface area contributed by atoms with Gasteiger partial charge in [-0.05, 0) is 24.3 Å². The average Bonchev–Trinajstić information content (AvgIpc) is 3.33. The van der Waals surface area contributed by atoms with Crippen molar-refractivity contribution in [2.75, 3.05) is 31.1 Å². The van der Waals surface area contributed by atoms with Crippen molar-refractivity contribution in [1.29, 1.82) is 0 Å². The molecule has 0 aliphatic carbocycles. The minimum atomic E-state index is -0.609. The smallest absolute Gasteiger partial charge is 0.349 e. The molecule has 150 valence electrons. The van der Waals surface area contributed by atoms with Gasteiger partial charge in [-0.2, -0.15) is 0 Å². The first-order chi connectivity index (χ1) is 14.7. The number of rotatable bonds is 3. The van der Waals surface area contributed by atoms with E-state index in [0.717, 1.165) is 11.2 Å². The van der Waals surface area contributed by atoms with Crippen molar-refractivity contribution >= 4 is 22.7 Å². The lowest BCUT2D eigenvalue weighted by molar-refractivity contribution is 0.0742. The fraction of sp³-hybridized carbons (Fsp3) is 0.190. The van der Waals surface area contributed by atoms with Gasteiger partial charge in [0.25, 0.3) is 5.91 Å². The van der Waals surface area contributed by atoms with E-state index in [-0.39, 0.29) is 11.5 Å². The van der Waals surface area contributed by atoms with Crippen LogP contribution >= 0.6 is 0 Å². The van der Waals surface area contributed by atoms with Gasteiger partial charge < -0.3 is 14.2 Å².